The molecule has 4 aromatic rings. The Morgan fingerprint density at radius 2 is 1.86 bits per heavy atom. The summed E-state index contributed by atoms with van der Waals surface area (Å²) in [6.45, 7) is 7.96. The number of carbonyl (C=O) groups is 1. The predicted octanol–water partition coefficient (Wildman–Crippen LogP) is 6.14. The highest BCUT2D eigenvalue weighted by Gasteiger charge is 2.39. The molecular formula is C27H27F3N4O. The first kappa shape index (κ1) is 23.2. The van der Waals surface area contributed by atoms with Gasteiger partial charge in [0, 0.05) is 35.3 Å². The maximum Gasteiger partial charge on any atom is 0.256 e. The van der Waals surface area contributed by atoms with Crippen LogP contribution in [0.15, 0.2) is 30.3 Å². The molecule has 0 fully saturated rings. The molecule has 5 rings (SSSR count). The second-order valence-corrected chi connectivity index (χ2v) is 9.35. The number of nitrogens with zero attached hydrogens (tertiary/aromatic N) is 3. The van der Waals surface area contributed by atoms with Crippen LogP contribution in [0.4, 0.5) is 13.2 Å². The number of fused-ring (bicyclic) bond motifs is 2. The number of aromatic nitrogens is 3. The molecule has 5 nitrogen and oxygen atoms in total. The molecule has 2 aromatic heterocycles. The van der Waals surface area contributed by atoms with Gasteiger partial charge in [-0.2, -0.15) is 5.10 Å². The highest BCUT2D eigenvalue weighted by Crippen LogP contribution is 2.40. The Labute approximate surface area is 201 Å². The summed E-state index contributed by atoms with van der Waals surface area (Å²) in [6.07, 6.45) is 1.17. The molecule has 2 aromatic carbocycles. The first-order valence-electron chi connectivity index (χ1n) is 11.7. The van der Waals surface area contributed by atoms with Gasteiger partial charge in [-0.15, -0.1) is 0 Å². The van der Waals surface area contributed by atoms with Crippen LogP contribution in [0, 0.1) is 31.3 Å². The Morgan fingerprint density at radius 3 is 2.51 bits per heavy atom. The molecule has 0 saturated heterocycles. The molecule has 1 aliphatic heterocycles. The Hall–Kier alpha value is -3.55. The molecule has 1 amide bonds. The molecule has 2 atom stereocenters. The van der Waals surface area contributed by atoms with Gasteiger partial charge in [0.15, 0.2) is 17.5 Å². The lowest BCUT2D eigenvalue weighted by Gasteiger charge is -2.40. The monoisotopic (exact) mass is 480 g/mol. The molecule has 3 heterocycles. The molecule has 182 valence electrons. The number of hydrogen-bond donors (Lipinski definition) is 1. The third-order valence-electron chi connectivity index (χ3n) is 7.36. The van der Waals surface area contributed by atoms with Crippen molar-refractivity contribution in [2.75, 3.05) is 0 Å². The van der Waals surface area contributed by atoms with E-state index >= 15 is 0 Å². The third-order valence-corrected chi connectivity index (χ3v) is 7.36. The van der Waals surface area contributed by atoms with Crippen LogP contribution in [0.25, 0.3) is 22.2 Å². The second-order valence-electron chi connectivity index (χ2n) is 9.35. The fourth-order valence-electron chi connectivity index (χ4n) is 5.44. The summed E-state index contributed by atoms with van der Waals surface area (Å²) in [5.41, 5.74) is 5.82. The van der Waals surface area contributed by atoms with E-state index < -0.39 is 17.5 Å². The van der Waals surface area contributed by atoms with E-state index in [-0.39, 0.29) is 23.6 Å². The topological polar surface area (TPSA) is 53.9 Å². The van der Waals surface area contributed by atoms with Crippen molar-refractivity contribution >= 4 is 16.8 Å². The zero-order valence-corrected chi connectivity index (χ0v) is 20.3. The minimum atomic E-state index is -1.50. The molecule has 0 spiro atoms. The first-order chi connectivity index (χ1) is 16.6. The SMILES string of the molecule is CCC1Cc2c(nn(C)c2-c2cc(F)c(F)c(F)c2)C(C)N1C(=O)c1cccc2c(C)c(C)[nH]c12. The van der Waals surface area contributed by atoms with Crippen molar-refractivity contribution in [3.05, 3.63) is 75.9 Å². The molecule has 35 heavy (non-hydrogen) atoms. The van der Waals surface area contributed by atoms with Crippen LogP contribution in [0.2, 0.25) is 0 Å². The summed E-state index contributed by atoms with van der Waals surface area (Å²) < 4.78 is 43.2. The Bertz CT molecular complexity index is 1460. The van der Waals surface area contributed by atoms with E-state index in [1.54, 1.807) is 11.7 Å². The molecule has 8 heteroatoms. The number of benzene rings is 2. The lowest BCUT2D eigenvalue weighted by molar-refractivity contribution is 0.0547. The Kier molecular flexibility index (Phi) is 5.49. The number of H-pyrrole nitrogens is 1. The smallest absolute Gasteiger partial charge is 0.256 e. The van der Waals surface area contributed by atoms with Crippen molar-refractivity contribution in [3.63, 3.8) is 0 Å². The first-order valence-corrected chi connectivity index (χ1v) is 11.7. The van der Waals surface area contributed by atoms with Gasteiger partial charge in [-0.3, -0.25) is 9.48 Å². The molecule has 0 radical (unpaired) electrons. The molecule has 1 aliphatic rings. The lowest BCUT2D eigenvalue weighted by Crippen LogP contribution is -2.46. The lowest BCUT2D eigenvalue weighted by atomic mass is 9.88. The molecule has 2 unspecified atom stereocenters. The third kappa shape index (κ3) is 3.46. The summed E-state index contributed by atoms with van der Waals surface area (Å²) in [6, 6.07) is 7.22. The zero-order valence-electron chi connectivity index (χ0n) is 20.3. The second kappa shape index (κ2) is 8.29. The average Bonchev–Trinajstić information content (AvgIpc) is 3.32. The summed E-state index contributed by atoms with van der Waals surface area (Å²) in [5.74, 6) is -4.07. The number of amides is 1. The molecule has 0 aliphatic carbocycles. The van der Waals surface area contributed by atoms with E-state index in [1.165, 1.54) is 0 Å². The summed E-state index contributed by atoms with van der Waals surface area (Å²) in [4.78, 5) is 19.2. The number of carbonyl (C=O) groups excluding carboxylic acids is 1. The van der Waals surface area contributed by atoms with Gasteiger partial charge in [-0.25, -0.2) is 13.2 Å². The van der Waals surface area contributed by atoms with Gasteiger partial charge >= 0.3 is 0 Å². The van der Waals surface area contributed by atoms with E-state index in [2.05, 4.69) is 10.1 Å². The van der Waals surface area contributed by atoms with E-state index in [0.29, 0.717) is 29.8 Å². The highest BCUT2D eigenvalue weighted by molar-refractivity contribution is 6.07. The van der Waals surface area contributed by atoms with Crippen molar-refractivity contribution in [1.29, 1.82) is 0 Å². The minimum absolute atomic E-state index is 0.0899. The number of aryl methyl sites for hydroxylation is 3. The van der Waals surface area contributed by atoms with Crippen LogP contribution >= 0.6 is 0 Å². The van der Waals surface area contributed by atoms with Crippen molar-refractivity contribution in [2.24, 2.45) is 7.05 Å². The number of para-hydroxylation sites is 1. The molecule has 0 saturated carbocycles. The van der Waals surface area contributed by atoms with Gasteiger partial charge in [0.05, 0.1) is 28.5 Å². The van der Waals surface area contributed by atoms with Crippen LogP contribution in [0.1, 0.15) is 59.2 Å². The standard InChI is InChI=1S/C27H27F3N4O/c1-6-17-12-20-24(32-33(5)26(20)16-10-21(28)23(30)22(29)11-16)15(4)34(17)27(35)19-9-7-8-18-13(2)14(3)31-25(18)19/h7-11,15,17,31H,6,12H2,1-5H3. The minimum Gasteiger partial charge on any atom is -0.358 e. The normalized spacial score (nSPS) is 17.8. The van der Waals surface area contributed by atoms with Gasteiger partial charge in [-0.05, 0) is 57.4 Å². The van der Waals surface area contributed by atoms with Gasteiger partial charge in [0.25, 0.3) is 5.91 Å². The summed E-state index contributed by atoms with van der Waals surface area (Å²) in [5, 5.41) is 5.66. The maximum absolute atomic E-state index is 14.0. The van der Waals surface area contributed by atoms with Gasteiger partial charge in [-0.1, -0.05) is 19.1 Å². The molecule has 0 bridgehead atoms. The number of aromatic amines is 1. The summed E-state index contributed by atoms with van der Waals surface area (Å²) in [7, 11) is 1.69. The maximum atomic E-state index is 14.0. The van der Waals surface area contributed by atoms with Gasteiger partial charge in [0.2, 0.25) is 0 Å². The van der Waals surface area contributed by atoms with Crippen molar-refractivity contribution in [1.82, 2.24) is 19.7 Å². The fourth-order valence-corrected chi connectivity index (χ4v) is 5.44. The largest absolute Gasteiger partial charge is 0.358 e. The zero-order chi connectivity index (χ0) is 25.2. The Balaban J connectivity index is 1.61. The van der Waals surface area contributed by atoms with Crippen molar-refractivity contribution in [3.8, 4) is 11.3 Å². The predicted molar refractivity (Wildman–Crippen MR) is 129 cm³/mol. The van der Waals surface area contributed by atoms with Gasteiger partial charge in [0.1, 0.15) is 0 Å². The van der Waals surface area contributed by atoms with E-state index in [4.69, 9.17) is 0 Å². The quantitative estimate of drug-likeness (QED) is 0.358. The van der Waals surface area contributed by atoms with Crippen LogP contribution in [-0.2, 0) is 13.5 Å². The molecular weight excluding hydrogens is 453 g/mol. The van der Waals surface area contributed by atoms with Crippen LogP contribution in [-0.4, -0.2) is 31.6 Å². The average molecular weight is 481 g/mol. The number of hydrogen-bond acceptors (Lipinski definition) is 2. The van der Waals surface area contributed by atoms with Crippen molar-refractivity contribution < 1.29 is 18.0 Å². The van der Waals surface area contributed by atoms with E-state index in [9.17, 15) is 18.0 Å². The van der Waals surface area contributed by atoms with E-state index in [0.717, 1.165) is 39.9 Å². The Morgan fingerprint density at radius 1 is 1.17 bits per heavy atom. The number of rotatable bonds is 3. The van der Waals surface area contributed by atoms with Crippen LogP contribution in [0.3, 0.4) is 0 Å². The summed E-state index contributed by atoms with van der Waals surface area (Å²) >= 11 is 0. The fraction of sp³-hybridized carbons (Fsp3) is 0.333. The van der Waals surface area contributed by atoms with Crippen molar-refractivity contribution in [2.45, 2.75) is 52.6 Å². The van der Waals surface area contributed by atoms with E-state index in [1.807, 2.05) is 50.8 Å². The number of halogens is 3. The van der Waals surface area contributed by atoms with Crippen LogP contribution < -0.4 is 0 Å². The highest BCUT2D eigenvalue weighted by atomic mass is 19.2. The van der Waals surface area contributed by atoms with Gasteiger partial charge < -0.3 is 9.88 Å². The number of nitrogens with one attached hydrogen (secondary N) is 1. The molecule has 1 N–H and O–H groups in total. The van der Waals surface area contributed by atoms with Crippen LogP contribution in [0.5, 0.6) is 0 Å².